The Kier molecular flexibility index (Phi) is 5.48. The molecular weight excluding hydrogens is 406 g/mol. The number of rotatable bonds is 5. The number of carbonyl (C=O) groups excluding carboxylic acids is 1. The summed E-state index contributed by atoms with van der Waals surface area (Å²) in [7, 11) is -3.54. The molecule has 1 aliphatic rings. The number of benzene rings is 2. The maximum absolute atomic E-state index is 12.8. The normalized spacial score (nSPS) is 16.0. The van der Waals surface area contributed by atoms with Crippen molar-refractivity contribution in [2.24, 2.45) is 5.92 Å². The van der Waals surface area contributed by atoms with Crippen LogP contribution in [0.4, 0.5) is 5.69 Å². The predicted molar refractivity (Wildman–Crippen MR) is 113 cm³/mol. The lowest BCUT2D eigenvalue weighted by Crippen LogP contribution is -2.37. The molecule has 9 heteroatoms. The van der Waals surface area contributed by atoms with Crippen LogP contribution in [-0.4, -0.2) is 36.3 Å². The van der Waals surface area contributed by atoms with Crippen molar-refractivity contribution >= 4 is 32.7 Å². The van der Waals surface area contributed by atoms with Crippen LogP contribution in [-0.2, 0) is 21.4 Å². The molecule has 0 spiro atoms. The molecule has 8 nitrogen and oxygen atoms in total. The van der Waals surface area contributed by atoms with Crippen molar-refractivity contribution in [3.8, 4) is 0 Å². The zero-order chi connectivity index (χ0) is 21.3. The van der Waals surface area contributed by atoms with E-state index in [0.717, 1.165) is 12.8 Å². The van der Waals surface area contributed by atoms with Crippen LogP contribution >= 0.6 is 0 Å². The van der Waals surface area contributed by atoms with Crippen LogP contribution < -0.4 is 11.1 Å². The van der Waals surface area contributed by atoms with Crippen LogP contribution in [0.5, 0.6) is 0 Å². The number of piperidine rings is 1. The Labute approximate surface area is 174 Å². The molecule has 0 aliphatic carbocycles. The van der Waals surface area contributed by atoms with E-state index in [4.69, 9.17) is 4.42 Å². The quantitative estimate of drug-likeness (QED) is 0.672. The molecule has 2 heterocycles. The first kappa shape index (κ1) is 20.4. The fourth-order valence-corrected chi connectivity index (χ4v) is 5.06. The number of hydrogen-bond donors (Lipinski definition) is 1. The highest BCUT2D eigenvalue weighted by molar-refractivity contribution is 7.89. The minimum absolute atomic E-state index is 0.201. The third-order valence-electron chi connectivity index (χ3n) is 5.39. The van der Waals surface area contributed by atoms with Crippen LogP contribution in [0.2, 0.25) is 0 Å². The van der Waals surface area contributed by atoms with Crippen LogP contribution in [0, 0.1) is 5.92 Å². The van der Waals surface area contributed by atoms with Crippen LogP contribution in [0.25, 0.3) is 11.1 Å². The second-order valence-electron chi connectivity index (χ2n) is 7.58. The molecule has 4 rings (SSSR count). The lowest BCUT2D eigenvalue weighted by molar-refractivity contribution is -0.116. The number of aromatic nitrogens is 1. The number of amides is 1. The molecule has 0 atom stereocenters. The van der Waals surface area contributed by atoms with E-state index in [9.17, 15) is 18.0 Å². The fourth-order valence-electron chi connectivity index (χ4n) is 3.59. The number of para-hydroxylation sites is 2. The van der Waals surface area contributed by atoms with Gasteiger partial charge in [-0.1, -0.05) is 19.1 Å². The Balaban J connectivity index is 1.45. The number of sulfonamides is 1. The zero-order valence-electron chi connectivity index (χ0n) is 16.6. The van der Waals surface area contributed by atoms with E-state index in [2.05, 4.69) is 12.2 Å². The number of nitrogens with zero attached hydrogens (tertiary/aromatic N) is 2. The minimum atomic E-state index is -3.54. The molecule has 158 valence electrons. The number of carbonyl (C=O) groups is 1. The molecule has 0 unspecified atom stereocenters. The van der Waals surface area contributed by atoms with Gasteiger partial charge in [-0.15, -0.1) is 0 Å². The Morgan fingerprint density at radius 2 is 1.77 bits per heavy atom. The number of anilines is 1. The van der Waals surface area contributed by atoms with Gasteiger partial charge in [0.25, 0.3) is 0 Å². The second-order valence-corrected chi connectivity index (χ2v) is 9.52. The molecule has 0 saturated carbocycles. The summed E-state index contributed by atoms with van der Waals surface area (Å²) in [6.45, 7) is 2.97. The molecule has 1 N–H and O–H groups in total. The van der Waals surface area contributed by atoms with Crippen LogP contribution in [0.3, 0.4) is 0 Å². The standard InChI is InChI=1S/C21H23N3O5S/c1-15-10-12-23(13-11-15)30(27,28)17-8-6-16(7-9-17)22-20(25)14-24-18-4-2-3-5-19(18)29-21(24)26/h2-9,15H,10-14H2,1H3,(H,22,25). The van der Waals surface area contributed by atoms with Gasteiger partial charge in [-0.05, 0) is 55.2 Å². The highest BCUT2D eigenvalue weighted by Gasteiger charge is 2.27. The van der Waals surface area contributed by atoms with Crippen molar-refractivity contribution in [2.75, 3.05) is 18.4 Å². The van der Waals surface area contributed by atoms with Gasteiger partial charge in [-0.25, -0.2) is 13.2 Å². The van der Waals surface area contributed by atoms with Crippen molar-refractivity contribution in [3.63, 3.8) is 0 Å². The monoisotopic (exact) mass is 429 g/mol. The largest absolute Gasteiger partial charge is 0.420 e. The van der Waals surface area contributed by atoms with E-state index in [1.54, 1.807) is 36.4 Å². The lowest BCUT2D eigenvalue weighted by atomic mass is 10.0. The third-order valence-corrected chi connectivity index (χ3v) is 7.31. The molecule has 3 aromatic rings. The maximum Gasteiger partial charge on any atom is 0.420 e. The number of fused-ring (bicyclic) bond motifs is 1. The van der Waals surface area contributed by atoms with E-state index in [1.165, 1.54) is 21.0 Å². The first-order chi connectivity index (χ1) is 14.3. The zero-order valence-corrected chi connectivity index (χ0v) is 17.4. The summed E-state index contributed by atoms with van der Waals surface area (Å²) in [6, 6.07) is 12.9. The van der Waals surface area contributed by atoms with E-state index >= 15 is 0 Å². The van der Waals surface area contributed by atoms with E-state index < -0.39 is 21.7 Å². The average molecular weight is 429 g/mol. The molecule has 1 aromatic heterocycles. The molecule has 1 aliphatic heterocycles. The summed E-state index contributed by atoms with van der Waals surface area (Å²) in [5.74, 6) is -0.484. The minimum Gasteiger partial charge on any atom is -0.408 e. The molecular formula is C21H23N3O5S. The number of hydrogen-bond acceptors (Lipinski definition) is 5. The number of oxazole rings is 1. The lowest BCUT2D eigenvalue weighted by Gasteiger charge is -2.29. The van der Waals surface area contributed by atoms with Crippen molar-refractivity contribution < 1.29 is 17.6 Å². The molecule has 1 amide bonds. The first-order valence-electron chi connectivity index (χ1n) is 9.83. The van der Waals surface area contributed by atoms with E-state index in [-0.39, 0.29) is 11.4 Å². The van der Waals surface area contributed by atoms with Gasteiger partial charge in [0.05, 0.1) is 10.4 Å². The van der Waals surface area contributed by atoms with Gasteiger partial charge >= 0.3 is 5.76 Å². The summed E-state index contributed by atoms with van der Waals surface area (Å²) >= 11 is 0. The van der Waals surface area contributed by atoms with Gasteiger partial charge in [0.2, 0.25) is 15.9 Å². The predicted octanol–water partition coefficient (Wildman–Crippen LogP) is 2.65. The maximum atomic E-state index is 12.8. The number of nitrogens with one attached hydrogen (secondary N) is 1. The SMILES string of the molecule is CC1CCN(S(=O)(=O)c2ccc(NC(=O)Cn3c(=O)oc4ccccc43)cc2)CC1. The van der Waals surface area contributed by atoms with E-state index in [0.29, 0.717) is 35.8 Å². The van der Waals surface area contributed by atoms with Crippen molar-refractivity contribution in [1.82, 2.24) is 8.87 Å². The topological polar surface area (TPSA) is 102 Å². The highest BCUT2D eigenvalue weighted by atomic mass is 32.2. The van der Waals surface area contributed by atoms with Crippen molar-refractivity contribution in [3.05, 3.63) is 59.1 Å². The Hall–Kier alpha value is -2.91. The molecule has 2 aromatic carbocycles. The molecule has 30 heavy (non-hydrogen) atoms. The highest BCUT2D eigenvalue weighted by Crippen LogP contribution is 2.24. The Morgan fingerprint density at radius 1 is 1.10 bits per heavy atom. The molecule has 0 bridgehead atoms. The summed E-state index contributed by atoms with van der Waals surface area (Å²) in [4.78, 5) is 24.6. The molecule has 1 saturated heterocycles. The summed E-state index contributed by atoms with van der Waals surface area (Å²) in [5.41, 5.74) is 1.40. The summed E-state index contributed by atoms with van der Waals surface area (Å²) < 4.78 is 33.5. The van der Waals surface area contributed by atoms with Crippen molar-refractivity contribution in [1.29, 1.82) is 0 Å². The fraction of sp³-hybridized carbons (Fsp3) is 0.333. The van der Waals surface area contributed by atoms with Gasteiger partial charge < -0.3 is 9.73 Å². The summed E-state index contributed by atoms with van der Waals surface area (Å²) in [5, 5.41) is 2.69. The van der Waals surface area contributed by atoms with Gasteiger partial charge in [0.1, 0.15) is 6.54 Å². The van der Waals surface area contributed by atoms with Gasteiger partial charge in [-0.3, -0.25) is 9.36 Å². The molecule has 1 fully saturated rings. The van der Waals surface area contributed by atoms with Crippen molar-refractivity contribution in [2.45, 2.75) is 31.2 Å². The molecule has 0 radical (unpaired) electrons. The Bertz CT molecular complexity index is 1220. The second kappa shape index (κ2) is 8.08. The van der Waals surface area contributed by atoms with Gasteiger partial charge in [0, 0.05) is 18.8 Å². The first-order valence-corrected chi connectivity index (χ1v) is 11.3. The van der Waals surface area contributed by atoms with Crippen LogP contribution in [0.15, 0.2) is 62.6 Å². The van der Waals surface area contributed by atoms with E-state index in [1.807, 2.05) is 0 Å². The Morgan fingerprint density at radius 3 is 2.47 bits per heavy atom. The average Bonchev–Trinajstić information content (AvgIpc) is 3.04. The van der Waals surface area contributed by atoms with Crippen LogP contribution in [0.1, 0.15) is 19.8 Å². The summed E-state index contributed by atoms with van der Waals surface area (Å²) in [6.07, 6.45) is 1.71. The smallest absolute Gasteiger partial charge is 0.408 e. The van der Waals surface area contributed by atoms with Gasteiger partial charge in [-0.2, -0.15) is 4.31 Å². The third kappa shape index (κ3) is 4.03. The van der Waals surface area contributed by atoms with Gasteiger partial charge in [0.15, 0.2) is 5.58 Å².